The summed E-state index contributed by atoms with van der Waals surface area (Å²) < 4.78 is 5.67. The van der Waals surface area contributed by atoms with E-state index in [2.05, 4.69) is 34.0 Å². The number of rotatable bonds is 7. The minimum Gasteiger partial charge on any atom is -0.478 e. The molecule has 0 amide bonds. The molecule has 0 saturated carbocycles. The molecule has 5 heteroatoms. The summed E-state index contributed by atoms with van der Waals surface area (Å²) in [5, 5.41) is 3.42. The van der Waals surface area contributed by atoms with Crippen LogP contribution in [0.25, 0.3) is 0 Å². The van der Waals surface area contributed by atoms with Crippen molar-refractivity contribution in [3.8, 4) is 5.88 Å². The molecule has 2 rings (SSSR count). The second kappa shape index (κ2) is 8.17. The lowest BCUT2D eigenvalue weighted by Gasteiger charge is -2.29. The number of anilines is 1. The van der Waals surface area contributed by atoms with E-state index in [9.17, 15) is 0 Å². The van der Waals surface area contributed by atoms with E-state index >= 15 is 0 Å². The Hall–Kier alpha value is -1.36. The first kappa shape index (κ1) is 16.0. The summed E-state index contributed by atoms with van der Waals surface area (Å²) in [4.78, 5) is 11.5. The summed E-state index contributed by atoms with van der Waals surface area (Å²) >= 11 is 0. The molecule has 2 heterocycles. The Morgan fingerprint density at radius 3 is 2.71 bits per heavy atom. The van der Waals surface area contributed by atoms with E-state index in [1.165, 1.54) is 12.8 Å². The Labute approximate surface area is 128 Å². The van der Waals surface area contributed by atoms with Crippen LogP contribution in [0.2, 0.25) is 0 Å². The molecule has 1 N–H and O–H groups in total. The molecule has 0 unspecified atom stereocenters. The molecule has 5 nitrogen and oxygen atoms in total. The van der Waals surface area contributed by atoms with Crippen LogP contribution in [0, 0.1) is 12.8 Å². The van der Waals surface area contributed by atoms with Crippen molar-refractivity contribution in [2.45, 2.75) is 40.0 Å². The summed E-state index contributed by atoms with van der Waals surface area (Å²) in [6, 6.07) is 1.91. The molecule has 1 aromatic rings. The first-order valence-electron chi connectivity index (χ1n) is 8.17. The third-order valence-corrected chi connectivity index (χ3v) is 3.87. The summed E-state index contributed by atoms with van der Waals surface area (Å²) in [5.41, 5.74) is 0.967. The van der Waals surface area contributed by atoms with Crippen LogP contribution in [0.15, 0.2) is 6.07 Å². The molecule has 0 radical (unpaired) electrons. The number of hydrogen-bond donors (Lipinski definition) is 1. The fourth-order valence-corrected chi connectivity index (χ4v) is 2.67. The summed E-state index contributed by atoms with van der Waals surface area (Å²) in [6.07, 6.45) is 3.47. The Bertz CT molecular complexity index is 432. The maximum absolute atomic E-state index is 5.67. The zero-order valence-corrected chi connectivity index (χ0v) is 13.6. The lowest BCUT2D eigenvalue weighted by Crippen LogP contribution is -2.37. The normalized spacial score (nSPS) is 16.0. The van der Waals surface area contributed by atoms with E-state index < -0.39 is 0 Å². The molecule has 0 bridgehead atoms. The Kier molecular flexibility index (Phi) is 6.23. The highest BCUT2D eigenvalue weighted by molar-refractivity contribution is 5.34. The molecule has 1 saturated heterocycles. The van der Waals surface area contributed by atoms with Crippen molar-refractivity contribution >= 4 is 5.95 Å². The van der Waals surface area contributed by atoms with Crippen molar-refractivity contribution in [2.75, 3.05) is 37.7 Å². The van der Waals surface area contributed by atoms with Crippen molar-refractivity contribution in [3.63, 3.8) is 0 Å². The highest BCUT2D eigenvalue weighted by Gasteiger charge is 2.18. The van der Waals surface area contributed by atoms with Crippen LogP contribution in [-0.2, 0) is 0 Å². The number of aromatic nitrogens is 2. The van der Waals surface area contributed by atoms with E-state index in [1.54, 1.807) is 0 Å². The van der Waals surface area contributed by atoms with Gasteiger partial charge in [0.1, 0.15) is 0 Å². The number of piperidine rings is 1. The van der Waals surface area contributed by atoms with Crippen molar-refractivity contribution in [1.82, 2.24) is 15.3 Å². The highest BCUT2D eigenvalue weighted by Crippen LogP contribution is 2.19. The zero-order valence-electron chi connectivity index (χ0n) is 13.6. The molecule has 0 aliphatic carbocycles. The molecule has 0 aromatic carbocycles. The third-order valence-electron chi connectivity index (χ3n) is 3.87. The van der Waals surface area contributed by atoms with Gasteiger partial charge in [0.15, 0.2) is 0 Å². The summed E-state index contributed by atoms with van der Waals surface area (Å²) in [6.45, 7) is 11.2. The van der Waals surface area contributed by atoms with Crippen LogP contribution in [0.3, 0.4) is 0 Å². The lowest BCUT2D eigenvalue weighted by atomic mass is 9.98. The van der Waals surface area contributed by atoms with E-state index in [4.69, 9.17) is 4.74 Å². The van der Waals surface area contributed by atoms with Gasteiger partial charge in [0.2, 0.25) is 11.8 Å². The van der Waals surface area contributed by atoms with Crippen LogP contribution in [0.5, 0.6) is 5.88 Å². The van der Waals surface area contributed by atoms with Crippen LogP contribution < -0.4 is 15.0 Å². The summed E-state index contributed by atoms with van der Waals surface area (Å²) in [5.74, 6) is 2.24. The Morgan fingerprint density at radius 2 is 2.05 bits per heavy atom. The van der Waals surface area contributed by atoms with Crippen LogP contribution in [0.1, 0.15) is 38.8 Å². The topological polar surface area (TPSA) is 50.3 Å². The van der Waals surface area contributed by atoms with E-state index in [-0.39, 0.29) is 0 Å². The van der Waals surface area contributed by atoms with Gasteiger partial charge in [-0.05, 0) is 52.1 Å². The molecule has 0 atom stereocenters. The van der Waals surface area contributed by atoms with Crippen LogP contribution in [-0.4, -0.2) is 42.8 Å². The monoisotopic (exact) mass is 292 g/mol. The van der Waals surface area contributed by atoms with Gasteiger partial charge < -0.3 is 15.0 Å². The van der Waals surface area contributed by atoms with Crippen molar-refractivity contribution in [2.24, 2.45) is 5.92 Å². The molecule has 1 aliphatic rings. The van der Waals surface area contributed by atoms with Gasteiger partial charge in [-0.2, -0.15) is 4.98 Å². The lowest BCUT2D eigenvalue weighted by molar-refractivity contribution is 0.304. The molecular formula is C16H28N4O. The van der Waals surface area contributed by atoms with Crippen molar-refractivity contribution in [3.05, 3.63) is 11.8 Å². The average molecular weight is 292 g/mol. The number of nitrogens with one attached hydrogen (secondary N) is 1. The summed E-state index contributed by atoms with van der Waals surface area (Å²) in [7, 11) is 0. The van der Waals surface area contributed by atoms with Crippen LogP contribution >= 0.6 is 0 Å². The fourth-order valence-electron chi connectivity index (χ4n) is 2.67. The number of ether oxygens (including phenoxy) is 1. The van der Waals surface area contributed by atoms with Gasteiger partial charge in [-0.3, -0.25) is 0 Å². The number of aryl methyl sites for hydroxylation is 1. The third kappa shape index (κ3) is 4.84. The average Bonchev–Trinajstić information content (AvgIpc) is 2.51. The SMILES string of the molecule is CCCOc1cc(C)nc(N(CC)CC2CCNCC2)n1. The van der Waals surface area contributed by atoms with E-state index in [0.717, 1.165) is 50.2 Å². The van der Waals surface area contributed by atoms with Gasteiger partial charge in [-0.25, -0.2) is 4.98 Å². The molecule has 1 aromatic heterocycles. The quantitative estimate of drug-likeness (QED) is 0.836. The van der Waals surface area contributed by atoms with Crippen molar-refractivity contribution < 1.29 is 4.74 Å². The zero-order chi connectivity index (χ0) is 15.1. The molecule has 21 heavy (non-hydrogen) atoms. The number of hydrogen-bond acceptors (Lipinski definition) is 5. The Balaban J connectivity index is 2.06. The minimum absolute atomic E-state index is 0.697. The van der Waals surface area contributed by atoms with Crippen LogP contribution in [0.4, 0.5) is 5.95 Å². The van der Waals surface area contributed by atoms with Gasteiger partial charge >= 0.3 is 0 Å². The highest BCUT2D eigenvalue weighted by atomic mass is 16.5. The number of nitrogens with zero attached hydrogens (tertiary/aromatic N) is 3. The largest absolute Gasteiger partial charge is 0.478 e. The predicted octanol–water partition coefficient (Wildman–Crippen LogP) is 2.40. The first-order chi connectivity index (χ1) is 10.2. The van der Waals surface area contributed by atoms with E-state index in [1.807, 2.05) is 13.0 Å². The Morgan fingerprint density at radius 1 is 1.29 bits per heavy atom. The van der Waals surface area contributed by atoms with Gasteiger partial charge in [0.25, 0.3) is 0 Å². The predicted molar refractivity (Wildman–Crippen MR) is 86.0 cm³/mol. The molecule has 0 spiro atoms. The standard InChI is InChI=1S/C16H28N4O/c1-4-10-21-15-11-13(3)18-16(19-15)20(5-2)12-14-6-8-17-9-7-14/h11,14,17H,4-10,12H2,1-3H3. The van der Waals surface area contributed by atoms with Crippen molar-refractivity contribution in [1.29, 1.82) is 0 Å². The second-order valence-corrected chi connectivity index (χ2v) is 5.73. The van der Waals surface area contributed by atoms with Gasteiger partial charge in [0.05, 0.1) is 6.61 Å². The second-order valence-electron chi connectivity index (χ2n) is 5.73. The molecule has 1 fully saturated rings. The maximum atomic E-state index is 5.67. The van der Waals surface area contributed by atoms with E-state index in [0.29, 0.717) is 12.5 Å². The smallest absolute Gasteiger partial charge is 0.228 e. The maximum Gasteiger partial charge on any atom is 0.228 e. The molecular weight excluding hydrogens is 264 g/mol. The first-order valence-corrected chi connectivity index (χ1v) is 8.17. The fraction of sp³-hybridized carbons (Fsp3) is 0.750. The van der Waals surface area contributed by atoms with Gasteiger partial charge in [-0.15, -0.1) is 0 Å². The minimum atomic E-state index is 0.697. The molecule has 118 valence electrons. The van der Waals surface area contributed by atoms with Gasteiger partial charge in [-0.1, -0.05) is 6.92 Å². The van der Waals surface area contributed by atoms with Gasteiger partial charge in [0, 0.05) is 24.8 Å². The molecule has 1 aliphatic heterocycles.